The molecule has 3 rings (SSSR count). The number of nitrogens with two attached hydrogens (primary N) is 1. The number of amides is 1. The topological polar surface area (TPSA) is 165 Å². The summed E-state index contributed by atoms with van der Waals surface area (Å²) < 4.78 is 0. The highest BCUT2D eigenvalue weighted by Crippen LogP contribution is 2.33. The number of aromatic nitrogens is 2. The maximum absolute atomic E-state index is 12.0. The number of fused-ring (bicyclic) bond motifs is 1. The highest BCUT2D eigenvalue weighted by atomic mass is 16.3. The zero-order valence-electron chi connectivity index (χ0n) is 12.0. The molecule has 0 saturated heterocycles. The van der Waals surface area contributed by atoms with Crippen LogP contribution in [0.3, 0.4) is 0 Å². The number of rotatable bonds is 2. The van der Waals surface area contributed by atoms with E-state index in [1.165, 1.54) is 0 Å². The first kappa shape index (κ1) is 15.0. The Kier molecular flexibility index (Phi) is 3.35. The van der Waals surface area contributed by atoms with Crippen molar-refractivity contribution in [3.05, 3.63) is 67.4 Å². The van der Waals surface area contributed by atoms with Gasteiger partial charge in [-0.2, -0.15) is 5.26 Å². The van der Waals surface area contributed by atoms with Gasteiger partial charge in [0.2, 0.25) is 5.88 Å². The monoisotopic (exact) mass is 323 g/mol. The number of carbonyl (C=O) groups is 1. The normalized spacial score (nSPS) is 14.5. The fourth-order valence-corrected chi connectivity index (χ4v) is 2.43. The number of hydrogen-bond donors (Lipinski definition) is 4. The van der Waals surface area contributed by atoms with Crippen LogP contribution in [-0.2, 0) is 4.79 Å². The van der Waals surface area contributed by atoms with Crippen LogP contribution >= 0.6 is 0 Å². The number of primary amides is 1. The van der Waals surface area contributed by atoms with Gasteiger partial charge >= 0.3 is 5.69 Å². The fourth-order valence-electron chi connectivity index (χ4n) is 2.43. The molecule has 0 unspecified atom stereocenters. The molecule has 1 aromatic carbocycles. The molecule has 0 bridgehead atoms. The van der Waals surface area contributed by atoms with Crippen molar-refractivity contribution >= 4 is 17.3 Å². The Bertz CT molecular complexity index is 1100. The molecule has 24 heavy (non-hydrogen) atoms. The summed E-state index contributed by atoms with van der Waals surface area (Å²) in [6, 6.07) is 8.19. The summed E-state index contributed by atoms with van der Waals surface area (Å²) in [5.41, 5.74) is 3.64. The molecule has 9 nitrogen and oxygen atoms in total. The number of nitriles is 1. The van der Waals surface area contributed by atoms with E-state index in [4.69, 9.17) is 11.0 Å². The molecule has 5 N–H and O–H groups in total. The summed E-state index contributed by atoms with van der Waals surface area (Å²) in [6.45, 7) is 0. The Morgan fingerprint density at radius 2 is 1.88 bits per heavy atom. The van der Waals surface area contributed by atoms with E-state index in [-0.39, 0.29) is 22.5 Å². The first-order chi connectivity index (χ1) is 11.4. The molecule has 9 heteroatoms. The Morgan fingerprint density at radius 1 is 1.21 bits per heavy atom. The van der Waals surface area contributed by atoms with Gasteiger partial charge in [0.05, 0.1) is 11.4 Å². The number of aliphatic imine (C=N–C) groups is 1. The SMILES string of the molecule is N#C/C(C(N)=O)=C1/N=C(c2c(O)[nH]c(=O)[nH]c2=O)c2ccccc21. The van der Waals surface area contributed by atoms with Crippen LogP contribution in [0, 0.1) is 11.3 Å². The number of benzene rings is 1. The smallest absolute Gasteiger partial charge is 0.328 e. The first-order valence-electron chi connectivity index (χ1n) is 6.62. The van der Waals surface area contributed by atoms with Crippen LogP contribution in [0.1, 0.15) is 16.7 Å². The molecule has 0 aliphatic carbocycles. The molecule has 1 aliphatic heterocycles. The number of aromatic amines is 2. The van der Waals surface area contributed by atoms with E-state index in [0.29, 0.717) is 11.1 Å². The molecule has 118 valence electrons. The van der Waals surface area contributed by atoms with E-state index in [1.807, 2.05) is 4.98 Å². The number of hydrogen-bond acceptors (Lipinski definition) is 6. The summed E-state index contributed by atoms with van der Waals surface area (Å²) in [5.74, 6) is -1.64. The van der Waals surface area contributed by atoms with Crippen LogP contribution in [-0.4, -0.2) is 26.7 Å². The van der Waals surface area contributed by atoms with Crippen molar-refractivity contribution in [2.24, 2.45) is 10.7 Å². The van der Waals surface area contributed by atoms with E-state index in [0.717, 1.165) is 0 Å². The van der Waals surface area contributed by atoms with Crippen molar-refractivity contribution in [3.8, 4) is 11.9 Å². The lowest BCUT2D eigenvalue weighted by atomic mass is 9.99. The van der Waals surface area contributed by atoms with Crippen molar-refractivity contribution in [2.45, 2.75) is 0 Å². The maximum Gasteiger partial charge on any atom is 0.328 e. The highest BCUT2D eigenvalue weighted by Gasteiger charge is 2.29. The number of aromatic hydroxyl groups is 1. The second kappa shape index (κ2) is 5.36. The number of nitrogens with one attached hydrogen (secondary N) is 2. The Hall–Kier alpha value is -3.93. The zero-order valence-corrected chi connectivity index (χ0v) is 12.0. The van der Waals surface area contributed by atoms with Gasteiger partial charge in [-0.25, -0.2) is 9.79 Å². The van der Waals surface area contributed by atoms with E-state index in [2.05, 4.69) is 9.98 Å². The van der Waals surface area contributed by atoms with E-state index in [9.17, 15) is 19.5 Å². The van der Waals surface area contributed by atoms with Crippen LogP contribution in [0.5, 0.6) is 5.88 Å². The minimum Gasteiger partial charge on any atom is -0.494 e. The predicted octanol–water partition coefficient (Wildman–Crippen LogP) is -0.660. The van der Waals surface area contributed by atoms with Crippen LogP contribution in [0.15, 0.2) is 44.4 Å². The van der Waals surface area contributed by atoms with Crippen molar-refractivity contribution in [1.29, 1.82) is 5.26 Å². The second-order valence-corrected chi connectivity index (χ2v) is 4.84. The van der Waals surface area contributed by atoms with Gasteiger partial charge in [0.25, 0.3) is 11.5 Å². The molecule has 0 saturated carbocycles. The second-order valence-electron chi connectivity index (χ2n) is 4.84. The minimum atomic E-state index is -0.966. The molecule has 0 atom stereocenters. The Labute approximate surface area is 133 Å². The molecule has 2 heterocycles. The summed E-state index contributed by atoms with van der Waals surface area (Å²) in [5, 5.41) is 19.1. The van der Waals surface area contributed by atoms with E-state index >= 15 is 0 Å². The van der Waals surface area contributed by atoms with Gasteiger partial charge in [0.1, 0.15) is 17.2 Å². The Morgan fingerprint density at radius 3 is 2.46 bits per heavy atom. The van der Waals surface area contributed by atoms with Crippen LogP contribution in [0.25, 0.3) is 5.70 Å². The number of nitrogens with zero attached hydrogens (tertiary/aromatic N) is 2. The van der Waals surface area contributed by atoms with Gasteiger partial charge in [0.15, 0.2) is 0 Å². The lowest BCUT2D eigenvalue weighted by Crippen LogP contribution is -2.27. The lowest BCUT2D eigenvalue weighted by molar-refractivity contribution is -0.114. The van der Waals surface area contributed by atoms with E-state index < -0.39 is 23.0 Å². The molecule has 1 amide bonds. The molecular formula is C15H9N5O4. The van der Waals surface area contributed by atoms with Crippen molar-refractivity contribution in [1.82, 2.24) is 9.97 Å². The third-order valence-corrected chi connectivity index (χ3v) is 3.42. The van der Waals surface area contributed by atoms with Crippen LogP contribution in [0.2, 0.25) is 0 Å². The summed E-state index contributed by atoms with van der Waals surface area (Å²) in [7, 11) is 0. The molecule has 2 aromatic rings. The van der Waals surface area contributed by atoms with Gasteiger partial charge < -0.3 is 10.8 Å². The fraction of sp³-hybridized carbons (Fsp3) is 0. The largest absolute Gasteiger partial charge is 0.494 e. The third kappa shape index (κ3) is 2.19. The van der Waals surface area contributed by atoms with Crippen LogP contribution in [0.4, 0.5) is 0 Å². The quantitative estimate of drug-likeness (QED) is 0.424. The predicted molar refractivity (Wildman–Crippen MR) is 83.2 cm³/mol. The zero-order chi connectivity index (χ0) is 17.4. The molecule has 0 spiro atoms. The van der Waals surface area contributed by atoms with Crippen molar-refractivity contribution in [3.63, 3.8) is 0 Å². The number of H-pyrrole nitrogens is 2. The minimum absolute atomic E-state index is 0.000556. The number of carbonyl (C=O) groups excluding carboxylic acids is 1. The van der Waals surface area contributed by atoms with Gasteiger partial charge in [-0.15, -0.1) is 0 Å². The summed E-state index contributed by atoms with van der Waals surface area (Å²) in [6.07, 6.45) is 0. The summed E-state index contributed by atoms with van der Waals surface area (Å²) in [4.78, 5) is 42.9. The van der Waals surface area contributed by atoms with Crippen LogP contribution < -0.4 is 17.0 Å². The molecule has 0 radical (unpaired) electrons. The third-order valence-electron chi connectivity index (χ3n) is 3.42. The van der Waals surface area contributed by atoms with Gasteiger partial charge in [-0.05, 0) is 0 Å². The molecule has 0 fully saturated rings. The molecule has 1 aromatic heterocycles. The van der Waals surface area contributed by atoms with E-state index in [1.54, 1.807) is 30.3 Å². The van der Waals surface area contributed by atoms with Gasteiger partial charge in [-0.1, -0.05) is 24.3 Å². The standard InChI is InChI=1S/C15H9N5O4/c16-5-8(12(17)21)10-6-3-1-2-4-7(6)11(18-10)9-13(22)19-15(24)20-14(9)23/h1-4H,(H2,17,21)(H3,19,20,22,23,24)/b10-8-. The maximum atomic E-state index is 12.0. The molecular weight excluding hydrogens is 314 g/mol. The lowest BCUT2D eigenvalue weighted by Gasteiger charge is -2.04. The first-order valence-corrected chi connectivity index (χ1v) is 6.62. The summed E-state index contributed by atoms with van der Waals surface area (Å²) >= 11 is 0. The van der Waals surface area contributed by atoms with Crippen molar-refractivity contribution in [2.75, 3.05) is 0 Å². The Balaban J connectivity index is 2.40. The molecule has 1 aliphatic rings. The van der Waals surface area contributed by atoms with Crippen molar-refractivity contribution < 1.29 is 9.90 Å². The highest BCUT2D eigenvalue weighted by molar-refractivity contribution is 6.23. The van der Waals surface area contributed by atoms with Gasteiger partial charge in [0, 0.05) is 11.1 Å². The van der Waals surface area contributed by atoms with Gasteiger partial charge in [-0.3, -0.25) is 19.6 Å². The average Bonchev–Trinajstić information content (AvgIpc) is 2.86. The average molecular weight is 323 g/mol.